The SMILES string of the molecule is O=C(NS(=O)(=O)c1ccc(Cl)s1)c1ccc(-n2c(=O)[nH]c3cc(NCc4ccncc4)ccc3c2=O)cc1. The van der Waals surface area contributed by atoms with Crippen LogP contribution in [0.15, 0.2) is 92.9 Å². The van der Waals surface area contributed by atoms with Crippen LogP contribution in [0.3, 0.4) is 0 Å². The van der Waals surface area contributed by atoms with Crippen molar-refractivity contribution in [3.63, 3.8) is 0 Å². The molecule has 192 valence electrons. The van der Waals surface area contributed by atoms with Crippen molar-refractivity contribution < 1.29 is 13.2 Å². The molecule has 0 bridgehead atoms. The Morgan fingerprint density at radius 3 is 2.42 bits per heavy atom. The topological polar surface area (TPSA) is 143 Å². The summed E-state index contributed by atoms with van der Waals surface area (Å²) in [5, 5.41) is 3.53. The van der Waals surface area contributed by atoms with E-state index in [0.29, 0.717) is 17.4 Å². The summed E-state index contributed by atoms with van der Waals surface area (Å²) >= 11 is 6.60. The van der Waals surface area contributed by atoms with Gasteiger partial charge in [0, 0.05) is 30.2 Å². The highest BCUT2D eigenvalue weighted by atomic mass is 35.5. The van der Waals surface area contributed by atoms with Crippen LogP contribution in [-0.2, 0) is 16.6 Å². The van der Waals surface area contributed by atoms with Gasteiger partial charge in [0.05, 0.1) is 20.9 Å². The number of nitrogens with one attached hydrogen (secondary N) is 3. The summed E-state index contributed by atoms with van der Waals surface area (Å²) in [4.78, 5) is 45.2. The van der Waals surface area contributed by atoms with Crippen LogP contribution in [0.2, 0.25) is 4.34 Å². The molecule has 0 spiro atoms. The number of halogens is 1. The molecule has 1 amide bonds. The first kappa shape index (κ1) is 25.4. The van der Waals surface area contributed by atoms with E-state index in [-0.39, 0.29) is 19.8 Å². The van der Waals surface area contributed by atoms with E-state index < -0.39 is 27.2 Å². The minimum atomic E-state index is -4.09. The van der Waals surface area contributed by atoms with Gasteiger partial charge in [0.15, 0.2) is 0 Å². The number of hydrogen-bond donors (Lipinski definition) is 3. The Kier molecular flexibility index (Phi) is 6.85. The predicted octanol–water partition coefficient (Wildman–Crippen LogP) is 3.52. The highest BCUT2D eigenvalue weighted by Gasteiger charge is 2.21. The first-order valence-corrected chi connectivity index (χ1v) is 13.7. The number of amides is 1. The van der Waals surface area contributed by atoms with Gasteiger partial charge in [0.2, 0.25) is 0 Å². The van der Waals surface area contributed by atoms with E-state index in [9.17, 15) is 22.8 Å². The van der Waals surface area contributed by atoms with Gasteiger partial charge in [-0.2, -0.15) is 0 Å². The highest BCUT2D eigenvalue weighted by Crippen LogP contribution is 2.25. The summed E-state index contributed by atoms with van der Waals surface area (Å²) in [6, 6.07) is 16.9. The van der Waals surface area contributed by atoms with E-state index in [1.54, 1.807) is 30.6 Å². The van der Waals surface area contributed by atoms with E-state index in [1.807, 2.05) is 16.9 Å². The fourth-order valence-corrected chi connectivity index (χ4v) is 6.16. The summed E-state index contributed by atoms with van der Waals surface area (Å²) in [7, 11) is -4.09. The summed E-state index contributed by atoms with van der Waals surface area (Å²) in [5.74, 6) is -0.868. The summed E-state index contributed by atoms with van der Waals surface area (Å²) < 4.78 is 27.9. The first-order valence-electron chi connectivity index (χ1n) is 11.1. The smallest absolute Gasteiger partial charge is 0.333 e. The van der Waals surface area contributed by atoms with Crippen LogP contribution in [-0.4, -0.2) is 28.9 Å². The lowest BCUT2D eigenvalue weighted by molar-refractivity contribution is 0.0981. The fraction of sp³-hybridized carbons (Fsp3) is 0.0400. The molecule has 0 atom stereocenters. The van der Waals surface area contributed by atoms with E-state index in [4.69, 9.17) is 11.6 Å². The number of carbonyl (C=O) groups is 1. The number of benzene rings is 2. The number of thiophene rings is 1. The molecule has 0 radical (unpaired) electrons. The van der Waals surface area contributed by atoms with Crippen LogP contribution >= 0.6 is 22.9 Å². The average molecular weight is 568 g/mol. The van der Waals surface area contributed by atoms with Gasteiger partial charge in [-0.25, -0.2) is 22.5 Å². The van der Waals surface area contributed by atoms with Crippen molar-refractivity contribution in [2.24, 2.45) is 0 Å². The molecule has 2 aromatic carbocycles. The van der Waals surface area contributed by atoms with Crippen molar-refractivity contribution in [3.8, 4) is 5.69 Å². The number of pyridine rings is 1. The van der Waals surface area contributed by atoms with E-state index in [0.717, 1.165) is 27.2 Å². The molecule has 0 unspecified atom stereocenters. The molecular formula is C25H18ClN5O5S2. The van der Waals surface area contributed by atoms with Gasteiger partial charge in [-0.05, 0) is 72.3 Å². The third kappa shape index (κ3) is 5.23. The van der Waals surface area contributed by atoms with Gasteiger partial charge in [0.1, 0.15) is 4.21 Å². The van der Waals surface area contributed by atoms with Crippen LogP contribution in [0.4, 0.5) is 5.69 Å². The normalized spacial score (nSPS) is 11.4. The van der Waals surface area contributed by atoms with Crippen LogP contribution in [0.5, 0.6) is 0 Å². The van der Waals surface area contributed by atoms with E-state index >= 15 is 0 Å². The number of carbonyl (C=O) groups excluding carboxylic acids is 1. The minimum Gasteiger partial charge on any atom is -0.381 e. The number of aromatic amines is 1. The zero-order chi connectivity index (χ0) is 26.9. The second kappa shape index (κ2) is 10.2. The van der Waals surface area contributed by atoms with Crippen molar-refractivity contribution in [3.05, 3.63) is 115 Å². The monoisotopic (exact) mass is 567 g/mol. The lowest BCUT2D eigenvalue weighted by Gasteiger charge is -2.10. The second-order valence-electron chi connectivity index (χ2n) is 8.08. The Bertz CT molecular complexity index is 1880. The molecule has 0 fully saturated rings. The van der Waals surface area contributed by atoms with Gasteiger partial charge in [-0.1, -0.05) is 11.6 Å². The molecule has 0 saturated carbocycles. The molecule has 5 aromatic rings. The Labute approximate surface area is 224 Å². The summed E-state index contributed by atoms with van der Waals surface area (Å²) in [5.41, 5.74) is 1.14. The summed E-state index contributed by atoms with van der Waals surface area (Å²) in [6.45, 7) is 0.539. The van der Waals surface area contributed by atoms with Gasteiger partial charge in [-0.3, -0.25) is 14.6 Å². The minimum absolute atomic E-state index is 0.0233. The zero-order valence-electron chi connectivity index (χ0n) is 19.3. The average Bonchev–Trinajstić information content (AvgIpc) is 3.35. The van der Waals surface area contributed by atoms with Gasteiger partial charge in [-0.15, -0.1) is 11.3 Å². The number of anilines is 1. The molecular weight excluding hydrogens is 550 g/mol. The number of nitrogens with zero attached hydrogens (tertiary/aromatic N) is 2. The predicted molar refractivity (Wildman–Crippen MR) is 146 cm³/mol. The van der Waals surface area contributed by atoms with Crippen molar-refractivity contribution in [1.29, 1.82) is 0 Å². The van der Waals surface area contributed by atoms with Gasteiger partial charge < -0.3 is 10.3 Å². The number of H-pyrrole nitrogens is 1. The number of fused-ring (bicyclic) bond motifs is 1. The quantitative estimate of drug-likeness (QED) is 0.273. The van der Waals surface area contributed by atoms with Crippen LogP contribution in [0.25, 0.3) is 16.6 Å². The van der Waals surface area contributed by atoms with E-state index in [1.165, 1.54) is 36.4 Å². The summed E-state index contributed by atoms with van der Waals surface area (Å²) in [6.07, 6.45) is 3.39. The molecule has 0 aliphatic heterocycles. The first-order chi connectivity index (χ1) is 18.2. The number of sulfonamides is 1. The van der Waals surface area contributed by atoms with Crippen LogP contribution in [0.1, 0.15) is 15.9 Å². The van der Waals surface area contributed by atoms with Crippen LogP contribution in [0, 0.1) is 0 Å². The van der Waals surface area contributed by atoms with Crippen molar-refractivity contribution in [1.82, 2.24) is 19.3 Å². The molecule has 5 rings (SSSR count). The maximum atomic E-state index is 13.2. The highest BCUT2D eigenvalue weighted by molar-refractivity contribution is 7.92. The van der Waals surface area contributed by atoms with Crippen molar-refractivity contribution in [2.75, 3.05) is 5.32 Å². The van der Waals surface area contributed by atoms with Crippen LogP contribution < -0.4 is 21.3 Å². The van der Waals surface area contributed by atoms with E-state index in [2.05, 4.69) is 15.3 Å². The maximum Gasteiger partial charge on any atom is 0.333 e. The molecule has 3 N–H and O–H groups in total. The number of hydrogen-bond acceptors (Lipinski definition) is 8. The maximum absolute atomic E-state index is 13.2. The third-order valence-corrected chi connectivity index (χ3v) is 8.63. The number of rotatable bonds is 7. The molecule has 0 aliphatic rings. The Morgan fingerprint density at radius 2 is 1.74 bits per heavy atom. The molecule has 10 nitrogen and oxygen atoms in total. The second-order valence-corrected chi connectivity index (χ2v) is 11.7. The molecule has 38 heavy (non-hydrogen) atoms. The standard InChI is InChI=1S/C25H18ClN5O5S2/c26-21-7-8-22(37-21)38(35,36)30-23(32)16-1-4-18(5-2-16)31-24(33)19-6-3-17(13-20(19)29-25(31)34)28-14-15-9-11-27-12-10-15/h1-13,28H,14H2,(H,29,34)(H,30,32). The lowest BCUT2D eigenvalue weighted by atomic mass is 10.2. The largest absolute Gasteiger partial charge is 0.381 e. The van der Waals surface area contributed by atoms with Gasteiger partial charge >= 0.3 is 5.69 Å². The zero-order valence-corrected chi connectivity index (χ0v) is 21.7. The molecule has 3 heterocycles. The molecule has 13 heteroatoms. The third-order valence-electron chi connectivity index (χ3n) is 5.57. The molecule has 3 aromatic heterocycles. The fourth-order valence-electron chi connectivity index (χ4n) is 3.70. The molecule has 0 aliphatic carbocycles. The Morgan fingerprint density at radius 1 is 1.00 bits per heavy atom. The van der Waals surface area contributed by atoms with Crippen molar-refractivity contribution in [2.45, 2.75) is 10.8 Å². The van der Waals surface area contributed by atoms with Crippen molar-refractivity contribution >= 4 is 55.5 Å². The Hall–Kier alpha value is -4.26. The Balaban J connectivity index is 1.38. The lowest BCUT2D eigenvalue weighted by Crippen LogP contribution is -2.33. The molecule has 0 saturated heterocycles. The number of aromatic nitrogens is 3. The van der Waals surface area contributed by atoms with Gasteiger partial charge in [0.25, 0.3) is 21.5 Å².